The third-order valence-electron chi connectivity index (χ3n) is 3.67. The number of aromatic nitrogens is 4. The maximum absolute atomic E-state index is 12.2. The number of hydrogen-bond donors (Lipinski definition) is 2. The zero-order chi connectivity index (χ0) is 19.6. The van der Waals surface area contributed by atoms with Crippen LogP contribution in [0.2, 0.25) is 0 Å². The van der Waals surface area contributed by atoms with Gasteiger partial charge in [0.25, 0.3) is 5.69 Å². The van der Waals surface area contributed by atoms with E-state index in [1.807, 2.05) is 0 Å². The zero-order valence-corrected chi connectivity index (χ0v) is 13.7. The van der Waals surface area contributed by atoms with E-state index in [0.717, 1.165) is 6.07 Å². The highest BCUT2D eigenvalue weighted by Crippen LogP contribution is 2.26. The van der Waals surface area contributed by atoms with Gasteiger partial charge in [-0.05, 0) is 12.5 Å². The van der Waals surface area contributed by atoms with Gasteiger partial charge in [0.1, 0.15) is 17.8 Å². The molecule has 2 N–H and O–H groups in total. The molecule has 0 aliphatic heterocycles. The third kappa shape index (κ3) is 3.53. The molecule has 0 fully saturated rings. The normalized spacial score (nSPS) is 10.8. The van der Waals surface area contributed by atoms with Crippen molar-refractivity contribution in [2.45, 2.75) is 12.8 Å². The summed E-state index contributed by atoms with van der Waals surface area (Å²) >= 11 is 0. The molecule has 0 saturated heterocycles. The summed E-state index contributed by atoms with van der Waals surface area (Å²) < 4.78 is 2.09. The fraction of sp³-hybridized carbons (Fsp3) is 0.200. The number of carboxylic acids is 1. The molecule has 0 unspecified atom stereocenters. The number of carbonyl (C=O) groups is 1. The Morgan fingerprint density at radius 3 is 2.78 bits per heavy atom. The van der Waals surface area contributed by atoms with Crippen molar-refractivity contribution in [2.24, 2.45) is 0 Å². The minimum absolute atomic E-state index is 0.0217. The topological polar surface area (TPSA) is 162 Å². The van der Waals surface area contributed by atoms with Crippen LogP contribution in [0.1, 0.15) is 12.8 Å². The molecule has 1 aromatic carbocycles. The van der Waals surface area contributed by atoms with Crippen LogP contribution < -0.4 is 16.0 Å². The number of nitrogens with zero attached hydrogens (tertiary/aromatic N) is 4. The molecule has 0 atom stereocenters. The maximum atomic E-state index is 12.2. The van der Waals surface area contributed by atoms with Crippen LogP contribution in [0.15, 0.2) is 40.4 Å². The second-order valence-corrected chi connectivity index (χ2v) is 5.47. The van der Waals surface area contributed by atoms with Crippen molar-refractivity contribution in [1.82, 2.24) is 19.3 Å². The van der Waals surface area contributed by atoms with Gasteiger partial charge < -0.3 is 19.5 Å². The van der Waals surface area contributed by atoms with Crippen molar-refractivity contribution in [1.29, 1.82) is 0 Å². The molecule has 0 radical (unpaired) electrons. The van der Waals surface area contributed by atoms with Crippen LogP contribution >= 0.6 is 0 Å². The average Bonchev–Trinajstić information content (AvgIpc) is 3.14. The van der Waals surface area contributed by atoms with Crippen LogP contribution in [0.3, 0.4) is 0 Å². The Labute approximate surface area is 149 Å². The number of rotatable bonds is 7. The number of nitro groups is 1. The molecule has 3 aromatic rings. The molecule has 140 valence electrons. The number of aliphatic carboxylic acids is 1. The lowest BCUT2D eigenvalue weighted by Crippen LogP contribution is -2.40. The first-order valence-corrected chi connectivity index (χ1v) is 7.69. The lowest BCUT2D eigenvalue weighted by atomic mass is 10.2. The fourth-order valence-electron chi connectivity index (χ4n) is 2.47. The molecule has 0 saturated carbocycles. The number of nitrogens with one attached hydrogen (secondary N) is 1. The quantitative estimate of drug-likeness (QED) is 0.254. The highest BCUT2D eigenvalue weighted by molar-refractivity contribution is 5.81. The number of hydrogen-bond acceptors (Lipinski definition) is 7. The second kappa shape index (κ2) is 7.11. The Kier molecular flexibility index (Phi) is 4.70. The molecule has 2 aromatic heterocycles. The highest BCUT2D eigenvalue weighted by Gasteiger charge is 2.20. The lowest BCUT2D eigenvalue weighted by molar-refractivity contribution is -0.384. The van der Waals surface area contributed by atoms with Gasteiger partial charge in [-0.3, -0.25) is 24.5 Å². The molecule has 27 heavy (non-hydrogen) atoms. The number of fused-ring (bicyclic) bond motifs is 1. The van der Waals surface area contributed by atoms with Crippen LogP contribution in [0.25, 0.3) is 16.7 Å². The number of aromatic amines is 1. The Balaban J connectivity index is 2.16. The van der Waals surface area contributed by atoms with E-state index in [2.05, 4.69) is 9.97 Å². The SMILES string of the molecule is O=C(O)CCCOn1c(=O)c(=O)[nH]c2cc([N+](=O)[O-])c(-n3ccnc3)cc21. The molecule has 0 amide bonds. The minimum Gasteiger partial charge on any atom is -0.481 e. The highest BCUT2D eigenvalue weighted by atomic mass is 16.7. The van der Waals surface area contributed by atoms with Crippen molar-refractivity contribution >= 4 is 22.7 Å². The first kappa shape index (κ1) is 17.8. The average molecular weight is 375 g/mol. The van der Waals surface area contributed by atoms with E-state index in [1.54, 1.807) is 0 Å². The summed E-state index contributed by atoms with van der Waals surface area (Å²) in [7, 11) is 0. The van der Waals surface area contributed by atoms with Gasteiger partial charge in [-0.25, -0.2) is 4.98 Å². The summed E-state index contributed by atoms with van der Waals surface area (Å²) in [5.41, 5.74) is -2.14. The molecule has 12 nitrogen and oxygen atoms in total. The fourth-order valence-corrected chi connectivity index (χ4v) is 2.47. The summed E-state index contributed by atoms with van der Waals surface area (Å²) in [4.78, 5) is 56.7. The van der Waals surface area contributed by atoms with E-state index < -0.39 is 22.0 Å². The van der Waals surface area contributed by atoms with Crippen LogP contribution in [-0.2, 0) is 4.79 Å². The Morgan fingerprint density at radius 2 is 2.15 bits per heavy atom. The molecule has 12 heteroatoms. The number of H-pyrrole nitrogens is 1. The van der Waals surface area contributed by atoms with Gasteiger partial charge in [0.2, 0.25) is 0 Å². The molecule has 0 aliphatic rings. The van der Waals surface area contributed by atoms with Gasteiger partial charge in [-0.1, -0.05) is 0 Å². The summed E-state index contributed by atoms with van der Waals surface area (Å²) in [6.45, 7) is -0.137. The third-order valence-corrected chi connectivity index (χ3v) is 3.67. The van der Waals surface area contributed by atoms with Crippen molar-refractivity contribution in [3.8, 4) is 5.69 Å². The Bertz CT molecular complexity index is 1130. The van der Waals surface area contributed by atoms with Gasteiger partial charge in [0.05, 0.1) is 16.8 Å². The zero-order valence-electron chi connectivity index (χ0n) is 13.7. The van der Waals surface area contributed by atoms with E-state index in [9.17, 15) is 24.5 Å². The molecular formula is C15H13N5O7. The van der Waals surface area contributed by atoms with E-state index in [1.165, 1.54) is 29.4 Å². The molecule has 0 bridgehead atoms. The first-order chi connectivity index (χ1) is 12.9. The van der Waals surface area contributed by atoms with Crippen molar-refractivity contribution in [3.05, 3.63) is 61.7 Å². The number of carboxylic acid groups (broad SMARTS) is 1. The maximum Gasteiger partial charge on any atom is 0.349 e. The molecule has 3 rings (SSSR count). The summed E-state index contributed by atoms with van der Waals surface area (Å²) in [5.74, 6) is -1.03. The molecular weight excluding hydrogens is 362 g/mol. The van der Waals surface area contributed by atoms with E-state index in [4.69, 9.17) is 9.94 Å². The van der Waals surface area contributed by atoms with Gasteiger partial charge in [0.15, 0.2) is 0 Å². The van der Waals surface area contributed by atoms with Crippen molar-refractivity contribution in [3.63, 3.8) is 0 Å². The number of imidazole rings is 1. The number of nitro benzene ring substituents is 1. The van der Waals surface area contributed by atoms with Gasteiger partial charge >= 0.3 is 17.1 Å². The lowest BCUT2D eigenvalue weighted by Gasteiger charge is -2.12. The van der Waals surface area contributed by atoms with E-state index in [0.29, 0.717) is 4.73 Å². The van der Waals surface area contributed by atoms with Crippen molar-refractivity contribution < 1.29 is 19.7 Å². The van der Waals surface area contributed by atoms with Gasteiger partial charge in [-0.2, -0.15) is 0 Å². The predicted octanol–water partition coefficient (Wildman–Crippen LogP) is 0.0771. The van der Waals surface area contributed by atoms with Gasteiger partial charge in [0, 0.05) is 24.9 Å². The molecule has 0 aliphatic carbocycles. The Morgan fingerprint density at radius 1 is 1.37 bits per heavy atom. The monoisotopic (exact) mass is 375 g/mol. The van der Waals surface area contributed by atoms with E-state index in [-0.39, 0.29) is 41.9 Å². The predicted molar refractivity (Wildman–Crippen MR) is 90.9 cm³/mol. The number of benzene rings is 1. The van der Waals surface area contributed by atoms with Gasteiger partial charge in [-0.15, -0.1) is 4.73 Å². The second-order valence-electron chi connectivity index (χ2n) is 5.47. The summed E-state index contributed by atoms with van der Waals surface area (Å²) in [6, 6.07) is 2.42. The molecule has 0 spiro atoms. The standard InChI is InChI=1S/C15H13N5O7/c21-13(22)2-1-5-27-19-10-7-11(18-4-3-16-8-18)12(20(25)26)6-9(10)17-14(23)15(19)24/h3-4,6-8H,1-2,5H2,(H,17,23)(H,21,22). The first-order valence-electron chi connectivity index (χ1n) is 7.69. The minimum atomic E-state index is -1.03. The van der Waals surface area contributed by atoms with Crippen LogP contribution in [0.4, 0.5) is 5.69 Å². The van der Waals surface area contributed by atoms with Crippen molar-refractivity contribution in [2.75, 3.05) is 6.61 Å². The summed E-state index contributed by atoms with van der Waals surface area (Å²) in [6.07, 6.45) is 4.18. The van der Waals surface area contributed by atoms with Crippen LogP contribution in [-0.4, -0.2) is 41.9 Å². The molecule has 2 heterocycles. The van der Waals surface area contributed by atoms with E-state index >= 15 is 0 Å². The van der Waals surface area contributed by atoms with Crippen LogP contribution in [0.5, 0.6) is 0 Å². The summed E-state index contributed by atoms with van der Waals surface area (Å²) in [5, 5.41) is 20.1. The largest absolute Gasteiger partial charge is 0.481 e. The Hall–Kier alpha value is -3.96. The van der Waals surface area contributed by atoms with Crippen LogP contribution in [0, 0.1) is 10.1 Å². The smallest absolute Gasteiger partial charge is 0.349 e.